The number of carbonyl (C=O) groups excluding carboxylic acids is 1. The first-order chi connectivity index (χ1) is 13.5. The molecule has 6 heteroatoms. The second kappa shape index (κ2) is 9.00. The maximum absolute atomic E-state index is 12.8. The summed E-state index contributed by atoms with van der Waals surface area (Å²) in [6.45, 7) is 0. The summed E-state index contributed by atoms with van der Waals surface area (Å²) >= 11 is 12.0. The van der Waals surface area contributed by atoms with E-state index in [4.69, 9.17) is 37.4 Å². The molecule has 0 aliphatic heterocycles. The molecular formula is C22H18Cl2O4. The van der Waals surface area contributed by atoms with Gasteiger partial charge in [0.25, 0.3) is 0 Å². The molecule has 3 aromatic carbocycles. The van der Waals surface area contributed by atoms with Crippen LogP contribution in [0.15, 0.2) is 66.7 Å². The van der Waals surface area contributed by atoms with Crippen molar-refractivity contribution >= 4 is 29.2 Å². The van der Waals surface area contributed by atoms with E-state index in [1.54, 1.807) is 20.3 Å². The SMILES string of the molecule is COc1ccc(C(OC(=O)c2cc(Cl)cc(Cl)c2)c2ccc(OC)cc2)cc1. The van der Waals surface area contributed by atoms with Crippen molar-refractivity contribution in [3.63, 3.8) is 0 Å². The van der Waals surface area contributed by atoms with Crippen LogP contribution in [0.5, 0.6) is 11.5 Å². The van der Waals surface area contributed by atoms with E-state index in [0.717, 1.165) is 11.1 Å². The quantitative estimate of drug-likeness (QED) is 0.465. The van der Waals surface area contributed by atoms with Crippen molar-refractivity contribution in [1.82, 2.24) is 0 Å². The van der Waals surface area contributed by atoms with Gasteiger partial charge in [-0.2, -0.15) is 0 Å². The highest BCUT2D eigenvalue weighted by Gasteiger charge is 2.21. The van der Waals surface area contributed by atoms with E-state index >= 15 is 0 Å². The molecule has 0 saturated carbocycles. The number of halogens is 2. The summed E-state index contributed by atoms with van der Waals surface area (Å²) in [7, 11) is 3.19. The molecule has 0 N–H and O–H groups in total. The molecule has 28 heavy (non-hydrogen) atoms. The fraction of sp³-hybridized carbons (Fsp3) is 0.136. The van der Waals surface area contributed by atoms with Crippen LogP contribution in [0.25, 0.3) is 0 Å². The number of carbonyl (C=O) groups is 1. The Morgan fingerprint density at radius 3 is 1.57 bits per heavy atom. The number of hydrogen-bond donors (Lipinski definition) is 0. The fourth-order valence-electron chi connectivity index (χ4n) is 2.73. The van der Waals surface area contributed by atoms with E-state index in [9.17, 15) is 4.79 Å². The van der Waals surface area contributed by atoms with Gasteiger partial charge in [0.2, 0.25) is 0 Å². The molecule has 0 spiro atoms. The van der Waals surface area contributed by atoms with Crippen LogP contribution in [0.2, 0.25) is 10.0 Å². The van der Waals surface area contributed by atoms with Gasteiger partial charge in [-0.3, -0.25) is 0 Å². The Hall–Kier alpha value is -2.69. The lowest BCUT2D eigenvalue weighted by Crippen LogP contribution is -2.13. The molecule has 0 saturated heterocycles. The van der Waals surface area contributed by atoms with Gasteiger partial charge in [-0.05, 0) is 53.6 Å². The number of rotatable bonds is 6. The summed E-state index contributed by atoms with van der Waals surface area (Å²) in [5, 5.41) is 0.731. The summed E-state index contributed by atoms with van der Waals surface area (Å²) in [5.41, 5.74) is 1.88. The molecule has 0 amide bonds. The highest BCUT2D eigenvalue weighted by Crippen LogP contribution is 2.30. The first-order valence-electron chi connectivity index (χ1n) is 8.45. The lowest BCUT2D eigenvalue weighted by Gasteiger charge is -2.20. The van der Waals surface area contributed by atoms with Gasteiger partial charge in [0, 0.05) is 10.0 Å². The van der Waals surface area contributed by atoms with Crippen molar-refractivity contribution in [1.29, 1.82) is 0 Å². The van der Waals surface area contributed by atoms with Gasteiger partial charge in [-0.1, -0.05) is 47.5 Å². The Kier molecular flexibility index (Phi) is 6.45. The van der Waals surface area contributed by atoms with Crippen molar-refractivity contribution in [3.8, 4) is 11.5 Å². The number of hydrogen-bond acceptors (Lipinski definition) is 4. The molecule has 0 aliphatic carbocycles. The topological polar surface area (TPSA) is 44.8 Å². The van der Waals surface area contributed by atoms with Crippen LogP contribution < -0.4 is 9.47 Å². The molecule has 144 valence electrons. The molecule has 3 rings (SSSR count). The standard InChI is InChI=1S/C22H18Cl2O4/c1-26-19-7-3-14(4-8-19)21(15-5-9-20(27-2)10-6-15)28-22(25)16-11-17(23)13-18(24)12-16/h3-13,21H,1-2H3. The van der Waals surface area contributed by atoms with Gasteiger partial charge in [0.05, 0.1) is 19.8 Å². The van der Waals surface area contributed by atoms with E-state index in [0.29, 0.717) is 21.5 Å². The van der Waals surface area contributed by atoms with Gasteiger partial charge < -0.3 is 14.2 Å². The molecule has 0 atom stereocenters. The number of esters is 1. The third kappa shape index (κ3) is 4.77. The predicted molar refractivity (Wildman–Crippen MR) is 110 cm³/mol. The Morgan fingerprint density at radius 2 is 1.18 bits per heavy atom. The molecule has 0 aliphatic rings. The Balaban J connectivity index is 1.95. The van der Waals surface area contributed by atoms with Crippen molar-refractivity contribution in [2.45, 2.75) is 6.10 Å². The van der Waals surface area contributed by atoms with Crippen LogP contribution in [0.4, 0.5) is 0 Å². The van der Waals surface area contributed by atoms with Crippen LogP contribution in [-0.4, -0.2) is 20.2 Å². The maximum atomic E-state index is 12.8. The summed E-state index contributed by atoms with van der Waals surface area (Å²) in [5.74, 6) is 0.899. The van der Waals surface area contributed by atoms with Crippen LogP contribution >= 0.6 is 23.2 Å². The highest BCUT2D eigenvalue weighted by atomic mass is 35.5. The lowest BCUT2D eigenvalue weighted by molar-refractivity contribution is 0.0378. The van der Waals surface area contributed by atoms with Gasteiger partial charge in [0.1, 0.15) is 11.5 Å². The monoisotopic (exact) mass is 416 g/mol. The zero-order valence-corrected chi connectivity index (χ0v) is 16.8. The first-order valence-corrected chi connectivity index (χ1v) is 9.20. The van der Waals surface area contributed by atoms with Gasteiger partial charge >= 0.3 is 5.97 Å². The van der Waals surface area contributed by atoms with Gasteiger partial charge in [0.15, 0.2) is 6.10 Å². The predicted octanol–water partition coefficient (Wildman–Crippen LogP) is 5.96. The second-order valence-corrected chi connectivity index (χ2v) is 6.86. The van der Waals surface area contributed by atoms with Crippen molar-refractivity contribution in [2.75, 3.05) is 14.2 Å². The van der Waals surface area contributed by atoms with E-state index in [-0.39, 0.29) is 5.56 Å². The summed E-state index contributed by atoms with van der Waals surface area (Å²) < 4.78 is 16.2. The summed E-state index contributed by atoms with van der Waals surface area (Å²) in [4.78, 5) is 12.8. The molecule has 0 fully saturated rings. The third-order valence-corrected chi connectivity index (χ3v) is 4.60. The zero-order chi connectivity index (χ0) is 20.1. The normalized spacial score (nSPS) is 10.6. The van der Waals surface area contributed by atoms with E-state index in [2.05, 4.69) is 0 Å². The van der Waals surface area contributed by atoms with Crippen molar-refractivity contribution in [3.05, 3.63) is 93.5 Å². The van der Waals surface area contributed by atoms with Crippen LogP contribution in [-0.2, 0) is 4.74 Å². The van der Waals surface area contributed by atoms with Crippen molar-refractivity contribution < 1.29 is 19.0 Å². The van der Waals surface area contributed by atoms with Gasteiger partial charge in [-0.25, -0.2) is 4.79 Å². The Bertz CT molecular complexity index is 886. The van der Waals surface area contributed by atoms with Crippen LogP contribution in [0.1, 0.15) is 27.6 Å². The highest BCUT2D eigenvalue weighted by molar-refractivity contribution is 6.35. The Labute approximate surface area is 173 Å². The second-order valence-electron chi connectivity index (χ2n) is 5.99. The summed E-state index contributed by atoms with van der Waals surface area (Å²) in [6, 6.07) is 19.3. The molecule has 0 heterocycles. The Morgan fingerprint density at radius 1 is 0.750 bits per heavy atom. The molecule has 0 aromatic heterocycles. The minimum absolute atomic E-state index is 0.282. The van der Waals surface area contributed by atoms with Crippen molar-refractivity contribution in [2.24, 2.45) is 0 Å². The maximum Gasteiger partial charge on any atom is 0.339 e. The molecule has 0 unspecified atom stereocenters. The first kappa shape index (κ1) is 20.1. The van der Waals surface area contributed by atoms with Gasteiger partial charge in [-0.15, -0.1) is 0 Å². The molecule has 3 aromatic rings. The van der Waals surface area contributed by atoms with E-state index in [1.165, 1.54) is 12.1 Å². The third-order valence-electron chi connectivity index (χ3n) is 4.16. The van der Waals surface area contributed by atoms with Crippen LogP contribution in [0, 0.1) is 0 Å². The molecule has 0 bridgehead atoms. The van der Waals surface area contributed by atoms with Crippen LogP contribution in [0.3, 0.4) is 0 Å². The van der Waals surface area contributed by atoms with E-state index < -0.39 is 12.1 Å². The minimum atomic E-state index is -0.623. The summed E-state index contributed by atoms with van der Waals surface area (Å²) in [6.07, 6.45) is -0.623. The number of benzene rings is 3. The van der Waals surface area contributed by atoms with E-state index in [1.807, 2.05) is 48.5 Å². The fourth-order valence-corrected chi connectivity index (χ4v) is 3.26. The molecule has 4 nitrogen and oxygen atoms in total. The average Bonchev–Trinajstić information content (AvgIpc) is 2.71. The lowest BCUT2D eigenvalue weighted by atomic mass is 10.0. The zero-order valence-electron chi connectivity index (χ0n) is 15.3. The average molecular weight is 417 g/mol. The largest absolute Gasteiger partial charge is 0.497 e. The molecule has 0 radical (unpaired) electrons. The number of ether oxygens (including phenoxy) is 3. The minimum Gasteiger partial charge on any atom is -0.497 e. The number of methoxy groups -OCH3 is 2. The smallest absolute Gasteiger partial charge is 0.339 e. The molecular weight excluding hydrogens is 399 g/mol.